The normalized spacial score (nSPS) is 11.0. The lowest BCUT2D eigenvalue weighted by atomic mass is 10.1. The van der Waals surface area contributed by atoms with E-state index in [0.717, 1.165) is 11.1 Å². The van der Waals surface area contributed by atoms with Crippen LogP contribution in [0.4, 0.5) is 0 Å². The molecule has 4 aromatic rings. The molecule has 0 saturated heterocycles. The summed E-state index contributed by atoms with van der Waals surface area (Å²) in [5.41, 5.74) is 3.63. The molecular weight excluding hydrogens is 404 g/mol. The van der Waals surface area contributed by atoms with Gasteiger partial charge in [-0.05, 0) is 25.5 Å². The van der Waals surface area contributed by atoms with E-state index in [-0.39, 0.29) is 18.6 Å². The number of nitrogens with one attached hydrogen (secondary N) is 1. The van der Waals surface area contributed by atoms with E-state index in [0.29, 0.717) is 28.8 Å². The Bertz CT molecular complexity index is 1230. The first-order chi connectivity index (χ1) is 15.5. The molecule has 0 spiro atoms. The van der Waals surface area contributed by atoms with E-state index in [1.807, 2.05) is 60.7 Å². The minimum absolute atomic E-state index is 0.209. The Labute approximate surface area is 186 Å². The fraction of sp³-hybridized carbons (Fsp3) is 0.200. The second-order valence-electron chi connectivity index (χ2n) is 7.67. The number of aromatic nitrogens is 3. The van der Waals surface area contributed by atoms with Gasteiger partial charge in [0.05, 0.1) is 35.5 Å². The number of carbonyl (C=O) groups excluding carboxylic acids is 2. The molecule has 4 rings (SSSR count). The van der Waals surface area contributed by atoms with Crippen molar-refractivity contribution in [1.29, 1.82) is 0 Å². The molecule has 0 aliphatic carbocycles. The van der Waals surface area contributed by atoms with Crippen LogP contribution in [0.1, 0.15) is 29.8 Å². The van der Waals surface area contributed by atoms with E-state index in [1.54, 1.807) is 30.8 Å². The van der Waals surface area contributed by atoms with Crippen molar-refractivity contribution in [3.8, 4) is 11.3 Å². The van der Waals surface area contributed by atoms with Gasteiger partial charge in [0.25, 0.3) is 5.91 Å². The fourth-order valence-corrected chi connectivity index (χ4v) is 3.42. The molecule has 162 valence electrons. The van der Waals surface area contributed by atoms with Gasteiger partial charge in [-0.25, -0.2) is 9.67 Å². The minimum Gasteiger partial charge on any atom is -0.462 e. The van der Waals surface area contributed by atoms with Crippen molar-refractivity contribution in [2.75, 3.05) is 6.54 Å². The van der Waals surface area contributed by atoms with Gasteiger partial charge in [0, 0.05) is 5.56 Å². The summed E-state index contributed by atoms with van der Waals surface area (Å²) in [5.74, 6) is -0.865. The third kappa shape index (κ3) is 4.83. The molecule has 0 aliphatic rings. The van der Waals surface area contributed by atoms with Crippen molar-refractivity contribution in [2.24, 2.45) is 0 Å². The van der Waals surface area contributed by atoms with E-state index in [4.69, 9.17) is 9.72 Å². The molecule has 0 fully saturated rings. The zero-order chi connectivity index (χ0) is 22.5. The molecule has 2 heterocycles. The number of nitrogens with zero attached hydrogens (tertiary/aromatic N) is 3. The number of carbonyl (C=O) groups is 2. The molecule has 0 radical (unpaired) electrons. The van der Waals surface area contributed by atoms with E-state index in [1.165, 1.54) is 0 Å². The SMILES string of the molecule is CC(C)OC(=O)CNC(=O)c1cc(-c2ccccc2)nc2c1cnn2Cc1ccccc1. The zero-order valence-corrected chi connectivity index (χ0v) is 18.0. The quantitative estimate of drug-likeness (QED) is 0.452. The minimum atomic E-state index is -0.485. The molecule has 0 saturated carbocycles. The maximum absolute atomic E-state index is 13.0. The number of rotatable bonds is 7. The van der Waals surface area contributed by atoms with Crippen molar-refractivity contribution in [3.63, 3.8) is 0 Å². The molecule has 2 aromatic carbocycles. The van der Waals surface area contributed by atoms with Crippen molar-refractivity contribution in [3.05, 3.63) is 84.1 Å². The topological polar surface area (TPSA) is 86.1 Å². The lowest BCUT2D eigenvalue weighted by Gasteiger charge is -2.11. The van der Waals surface area contributed by atoms with Crippen molar-refractivity contribution >= 4 is 22.9 Å². The van der Waals surface area contributed by atoms with Crippen LogP contribution in [-0.2, 0) is 16.1 Å². The first-order valence-electron chi connectivity index (χ1n) is 10.4. The number of ether oxygens (including phenoxy) is 1. The van der Waals surface area contributed by atoms with E-state index in [2.05, 4.69) is 10.4 Å². The molecule has 7 nitrogen and oxygen atoms in total. The molecule has 1 N–H and O–H groups in total. The van der Waals surface area contributed by atoms with Crippen LogP contribution in [0.2, 0.25) is 0 Å². The summed E-state index contributed by atoms with van der Waals surface area (Å²) < 4.78 is 6.88. The van der Waals surface area contributed by atoms with Gasteiger partial charge < -0.3 is 10.1 Å². The third-order valence-corrected chi connectivity index (χ3v) is 4.86. The maximum atomic E-state index is 13.0. The molecule has 7 heteroatoms. The summed E-state index contributed by atoms with van der Waals surface area (Å²) in [6.07, 6.45) is 1.40. The number of amides is 1. The Morgan fingerprint density at radius 1 is 1.03 bits per heavy atom. The second kappa shape index (κ2) is 9.43. The standard InChI is InChI=1S/C25H24N4O3/c1-17(2)32-23(30)15-26-25(31)20-13-22(19-11-7-4-8-12-19)28-24-21(20)14-27-29(24)16-18-9-5-3-6-10-18/h3-14,17H,15-16H2,1-2H3,(H,26,31). The summed E-state index contributed by atoms with van der Waals surface area (Å²) >= 11 is 0. The summed E-state index contributed by atoms with van der Waals surface area (Å²) in [6.45, 7) is 3.84. The third-order valence-electron chi connectivity index (χ3n) is 4.86. The van der Waals surface area contributed by atoms with Crippen molar-refractivity contribution < 1.29 is 14.3 Å². The lowest BCUT2D eigenvalue weighted by molar-refractivity contribution is -0.146. The summed E-state index contributed by atoms with van der Waals surface area (Å²) in [4.78, 5) is 29.7. The van der Waals surface area contributed by atoms with Crippen LogP contribution in [0, 0.1) is 0 Å². The van der Waals surface area contributed by atoms with Crippen LogP contribution in [-0.4, -0.2) is 39.3 Å². The number of hydrogen-bond acceptors (Lipinski definition) is 5. The highest BCUT2D eigenvalue weighted by Gasteiger charge is 2.19. The highest BCUT2D eigenvalue weighted by molar-refractivity contribution is 6.07. The van der Waals surface area contributed by atoms with Crippen molar-refractivity contribution in [2.45, 2.75) is 26.5 Å². The average Bonchev–Trinajstić information content (AvgIpc) is 3.20. The fourth-order valence-electron chi connectivity index (χ4n) is 3.42. The molecule has 0 aliphatic heterocycles. The molecular formula is C25H24N4O3. The van der Waals surface area contributed by atoms with Crippen LogP contribution >= 0.6 is 0 Å². The Kier molecular flexibility index (Phi) is 6.26. The smallest absolute Gasteiger partial charge is 0.325 e. The monoisotopic (exact) mass is 428 g/mol. The number of pyridine rings is 1. The molecule has 2 aromatic heterocycles. The van der Waals surface area contributed by atoms with Crippen molar-refractivity contribution in [1.82, 2.24) is 20.1 Å². The van der Waals surface area contributed by atoms with Gasteiger partial charge in [0.15, 0.2) is 5.65 Å². The van der Waals surface area contributed by atoms with Crippen LogP contribution in [0.15, 0.2) is 72.9 Å². The van der Waals surface area contributed by atoms with Gasteiger partial charge in [-0.1, -0.05) is 60.7 Å². The Hall–Kier alpha value is -4.00. The highest BCUT2D eigenvalue weighted by atomic mass is 16.5. The Morgan fingerprint density at radius 2 is 1.72 bits per heavy atom. The predicted molar refractivity (Wildman–Crippen MR) is 122 cm³/mol. The second-order valence-corrected chi connectivity index (χ2v) is 7.67. The number of hydrogen-bond donors (Lipinski definition) is 1. The van der Waals surface area contributed by atoms with E-state index >= 15 is 0 Å². The van der Waals surface area contributed by atoms with Gasteiger partial charge in [-0.2, -0.15) is 5.10 Å². The molecule has 32 heavy (non-hydrogen) atoms. The van der Waals surface area contributed by atoms with Gasteiger partial charge in [-0.15, -0.1) is 0 Å². The maximum Gasteiger partial charge on any atom is 0.325 e. The van der Waals surface area contributed by atoms with Crippen LogP contribution < -0.4 is 5.32 Å². The van der Waals surface area contributed by atoms with Crippen LogP contribution in [0.25, 0.3) is 22.3 Å². The Morgan fingerprint density at radius 3 is 2.41 bits per heavy atom. The first-order valence-corrected chi connectivity index (χ1v) is 10.4. The van der Waals surface area contributed by atoms with Gasteiger partial charge in [0.1, 0.15) is 6.54 Å². The van der Waals surface area contributed by atoms with Crippen LogP contribution in [0.5, 0.6) is 0 Å². The number of benzene rings is 2. The van der Waals surface area contributed by atoms with Gasteiger partial charge in [0.2, 0.25) is 0 Å². The number of fused-ring (bicyclic) bond motifs is 1. The summed E-state index contributed by atoms with van der Waals surface area (Å²) in [6, 6.07) is 21.3. The zero-order valence-electron chi connectivity index (χ0n) is 18.0. The molecule has 0 atom stereocenters. The Balaban J connectivity index is 1.72. The first kappa shape index (κ1) is 21.2. The summed E-state index contributed by atoms with van der Waals surface area (Å²) in [5, 5.41) is 7.76. The predicted octanol–water partition coefficient (Wildman–Crippen LogP) is 3.83. The largest absolute Gasteiger partial charge is 0.462 e. The van der Waals surface area contributed by atoms with Crippen LogP contribution in [0.3, 0.4) is 0 Å². The van der Waals surface area contributed by atoms with Gasteiger partial charge in [-0.3, -0.25) is 9.59 Å². The van der Waals surface area contributed by atoms with Gasteiger partial charge >= 0.3 is 5.97 Å². The lowest BCUT2D eigenvalue weighted by Crippen LogP contribution is -2.31. The molecule has 0 unspecified atom stereocenters. The average molecular weight is 428 g/mol. The van der Waals surface area contributed by atoms with E-state index in [9.17, 15) is 9.59 Å². The highest BCUT2D eigenvalue weighted by Crippen LogP contribution is 2.25. The molecule has 0 bridgehead atoms. The van der Waals surface area contributed by atoms with E-state index < -0.39 is 5.97 Å². The summed E-state index contributed by atoms with van der Waals surface area (Å²) in [7, 11) is 0. The number of esters is 1. The molecule has 1 amide bonds.